The van der Waals surface area contributed by atoms with Crippen molar-refractivity contribution in [3.05, 3.63) is 287 Å². The summed E-state index contributed by atoms with van der Waals surface area (Å²) >= 11 is 0. The molecule has 0 spiro atoms. The molecule has 8 bridgehead atoms. The zero-order valence-electron chi connectivity index (χ0n) is 65.6. The van der Waals surface area contributed by atoms with Crippen molar-refractivity contribution < 1.29 is 37.9 Å². The number of pyridine rings is 4. The van der Waals surface area contributed by atoms with Crippen molar-refractivity contribution in [3.8, 4) is 89.0 Å². The molecule has 0 atom stereocenters. The normalized spacial score (nSPS) is 11.8. The summed E-state index contributed by atoms with van der Waals surface area (Å²) in [5.74, 6) is 0. The summed E-state index contributed by atoms with van der Waals surface area (Å²) < 4.78 is 45.8. The lowest BCUT2D eigenvalue weighted by Gasteiger charge is -2.16. The number of aromatic amines is 2. The van der Waals surface area contributed by atoms with Gasteiger partial charge in [-0.25, -0.2) is 9.97 Å². The zero-order chi connectivity index (χ0) is 78.0. The Labute approximate surface area is 657 Å². The second-order valence-corrected chi connectivity index (χ2v) is 28.3. The van der Waals surface area contributed by atoms with Gasteiger partial charge in [0.05, 0.1) is 151 Å². The number of aromatic nitrogens is 8. The largest absolute Gasteiger partial charge is 0.375 e. The third-order valence-corrected chi connectivity index (χ3v) is 19.9. The van der Waals surface area contributed by atoms with Crippen LogP contribution in [0.3, 0.4) is 0 Å². The lowest BCUT2D eigenvalue weighted by Crippen LogP contribution is -2.05. The molecule has 16 nitrogen and oxygen atoms in total. The average molecular weight is 1490 g/mol. The highest BCUT2D eigenvalue weighted by atomic mass is 16.5. The topological polar surface area (TPSA) is 183 Å². The van der Waals surface area contributed by atoms with Crippen LogP contribution in [0.1, 0.15) is 90.1 Å². The van der Waals surface area contributed by atoms with Gasteiger partial charge in [0, 0.05) is 91.4 Å². The highest BCUT2D eigenvalue weighted by Gasteiger charge is 2.26. The van der Waals surface area contributed by atoms with Crippen LogP contribution in [0.2, 0.25) is 0 Å². The van der Waals surface area contributed by atoms with E-state index in [2.05, 4.69) is 213 Å². The van der Waals surface area contributed by atoms with Gasteiger partial charge >= 0.3 is 0 Å². The smallest absolute Gasteiger partial charge is 0.0889 e. The quantitative estimate of drug-likeness (QED) is 0.0279. The van der Waals surface area contributed by atoms with Gasteiger partial charge in [0.2, 0.25) is 0 Å². The number of nitrogens with zero attached hydrogens (tertiary/aromatic N) is 6. The molecule has 9 heterocycles. The molecule has 7 aromatic heterocycles. The fraction of sp³-hybridized carbons (Fsp3) is 0.250. The van der Waals surface area contributed by atoms with Crippen molar-refractivity contribution >= 4 is 46.4 Å². The predicted octanol–water partition coefficient (Wildman–Crippen LogP) is 20.9. The fourth-order valence-corrected chi connectivity index (χ4v) is 14.9. The molecule has 11 aromatic rings. The summed E-state index contributed by atoms with van der Waals surface area (Å²) in [6, 6.07) is 43.6. The van der Waals surface area contributed by atoms with Gasteiger partial charge in [-0.1, -0.05) is 97.1 Å². The van der Waals surface area contributed by atoms with Gasteiger partial charge in [-0.15, -0.1) is 26.3 Å². The number of rotatable bonds is 36. The zero-order valence-corrected chi connectivity index (χ0v) is 65.6. The summed E-state index contributed by atoms with van der Waals surface area (Å²) in [4.78, 5) is 39.4. The average Bonchev–Trinajstić information content (AvgIpc) is 1.58. The van der Waals surface area contributed by atoms with Gasteiger partial charge in [-0.05, 0) is 217 Å². The number of hydrogen-bond donors (Lipinski definition) is 2. The van der Waals surface area contributed by atoms with E-state index in [1.54, 1.807) is 24.3 Å². The molecule has 13 rings (SSSR count). The van der Waals surface area contributed by atoms with Gasteiger partial charge in [0.1, 0.15) is 0 Å². The molecule has 0 fully saturated rings. The number of benzene rings is 4. The summed E-state index contributed by atoms with van der Waals surface area (Å²) in [6.45, 7) is 39.8. The molecular formula is C96H98N8O8. The number of H-pyrrole nitrogens is 2. The van der Waals surface area contributed by atoms with Gasteiger partial charge in [-0.2, -0.15) is 0 Å². The minimum Gasteiger partial charge on any atom is -0.375 e. The van der Waals surface area contributed by atoms with Crippen molar-refractivity contribution in [2.24, 2.45) is 0 Å². The van der Waals surface area contributed by atoms with Crippen LogP contribution in [0, 0.1) is 55.4 Å². The van der Waals surface area contributed by atoms with E-state index in [1.807, 2.05) is 49.1 Å². The van der Waals surface area contributed by atoms with Crippen LogP contribution in [0.25, 0.3) is 135 Å². The van der Waals surface area contributed by atoms with Crippen molar-refractivity contribution in [1.29, 1.82) is 0 Å². The Balaban J connectivity index is 1.00. The number of aryl methyl sites for hydroxylation is 8. The first-order valence-electron chi connectivity index (χ1n) is 38.2. The Morgan fingerprint density at radius 1 is 0.259 bits per heavy atom. The summed E-state index contributed by atoms with van der Waals surface area (Å²) in [5, 5.41) is 0. The highest BCUT2D eigenvalue weighted by Crippen LogP contribution is 2.45. The number of ether oxygens (including phenoxy) is 8. The molecule has 4 aromatic carbocycles. The summed E-state index contributed by atoms with van der Waals surface area (Å²) in [6.07, 6.45) is 23.4. The molecule has 0 saturated carbocycles. The lowest BCUT2D eigenvalue weighted by molar-refractivity contribution is 0.0492. The first-order valence-corrected chi connectivity index (χ1v) is 38.2. The van der Waals surface area contributed by atoms with E-state index in [0.717, 1.165) is 201 Å². The van der Waals surface area contributed by atoms with Crippen LogP contribution in [-0.2, 0) is 64.3 Å². The summed E-state index contributed by atoms with van der Waals surface area (Å²) in [7, 11) is 0. The molecule has 0 amide bonds. The number of fused-ring (bicyclic) bond motifs is 8. The maximum absolute atomic E-state index is 5.91. The van der Waals surface area contributed by atoms with Crippen molar-refractivity contribution in [1.82, 2.24) is 39.9 Å². The van der Waals surface area contributed by atoms with E-state index in [4.69, 9.17) is 67.8 Å². The van der Waals surface area contributed by atoms with Gasteiger partial charge < -0.3 is 47.9 Å². The van der Waals surface area contributed by atoms with Crippen LogP contribution in [0.4, 0.5) is 0 Å². The van der Waals surface area contributed by atoms with E-state index >= 15 is 0 Å². The third-order valence-electron chi connectivity index (χ3n) is 19.9. The molecule has 2 aliphatic rings. The second-order valence-electron chi connectivity index (χ2n) is 28.3. The Kier molecular flexibility index (Phi) is 26.5. The first kappa shape index (κ1) is 78.8. The first-order chi connectivity index (χ1) is 54.7. The lowest BCUT2D eigenvalue weighted by atomic mass is 9.90. The van der Waals surface area contributed by atoms with E-state index in [-0.39, 0.29) is 0 Å². The van der Waals surface area contributed by atoms with E-state index in [1.165, 1.54) is 0 Å². The van der Waals surface area contributed by atoms with E-state index in [9.17, 15) is 0 Å². The third kappa shape index (κ3) is 18.7. The van der Waals surface area contributed by atoms with Crippen molar-refractivity contribution in [2.45, 2.75) is 81.8 Å². The minimum atomic E-state index is 0.380. The molecule has 2 N–H and O–H groups in total. The van der Waals surface area contributed by atoms with Crippen LogP contribution < -0.4 is 0 Å². The molecule has 0 aliphatic carbocycles. The Bertz CT molecular complexity index is 4720. The monoisotopic (exact) mass is 1490 g/mol. The Hall–Kier alpha value is -11.3. The minimum absolute atomic E-state index is 0.380. The highest BCUT2D eigenvalue weighted by molar-refractivity contribution is 6.03. The summed E-state index contributed by atoms with van der Waals surface area (Å²) in [5.41, 5.74) is 35.1. The van der Waals surface area contributed by atoms with Crippen LogP contribution in [-0.4, -0.2) is 119 Å². The predicted molar refractivity (Wildman–Crippen MR) is 454 cm³/mol. The van der Waals surface area contributed by atoms with Crippen molar-refractivity contribution in [3.63, 3.8) is 0 Å². The maximum Gasteiger partial charge on any atom is 0.0889 e. The van der Waals surface area contributed by atoms with Crippen molar-refractivity contribution in [2.75, 3.05) is 79.3 Å². The molecule has 2 aliphatic heterocycles. The maximum atomic E-state index is 5.91. The van der Waals surface area contributed by atoms with Gasteiger partial charge in [0.25, 0.3) is 0 Å². The van der Waals surface area contributed by atoms with E-state index < -0.39 is 0 Å². The molecule has 0 unspecified atom stereocenters. The standard InChI is InChI=1S/C96H98N8O8/c1-13-33-105-37-41-109-57-77-21-17-69(53-97-77)73-45-61(5)89(62(6)46-73)93-81-25-27-83(101-81)94(90-63(7)47-74(48-64(90)8)70-18-22-78(98-54-70)58-110-42-38-106-34-14-2)85-29-31-87(103-85)96(92-67(11)51-76(52-68(92)12)72-20-24-80(100-56-72)60-112-44-40-108-36-16-4)88-32-30-86(104-88)95(84-28-26-82(93)102-84)91-65(9)49-75(50-66(91)10)71-19-23-79(99-55-71)59-111-43-39-107-35-15-3/h13-32,45-56,101,104H,1-4,33-44,57-60H2,5-12H3. The van der Waals surface area contributed by atoms with Crippen LogP contribution in [0.15, 0.2) is 197 Å². The molecule has 0 radical (unpaired) electrons. The molecule has 16 heteroatoms. The Morgan fingerprint density at radius 2 is 0.464 bits per heavy atom. The number of nitrogens with one attached hydrogen (secondary N) is 2. The van der Waals surface area contributed by atoms with E-state index in [0.29, 0.717) is 106 Å². The van der Waals surface area contributed by atoms with Crippen LogP contribution in [0.5, 0.6) is 0 Å². The van der Waals surface area contributed by atoms with Crippen LogP contribution >= 0.6 is 0 Å². The SMILES string of the molecule is C=CCOCCOCc1ccc(-c2cc(C)c(-c3c4nc(c(-c5c(C)cc(-c6ccc(COCCOCC=C)nc6)cc5C)c5ccc([nH]5)c(-c5c(C)cc(-c6ccc(COCCOCC=C)nc6)cc5C)c5nc(c(-c6c(C)cc(-c7ccc(COCCOCC=C)nc7)cc6C)c6ccc3[nH]6)C=C5)C=C4)c(C)c2)cn1. The number of hydrogen-bond acceptors (Lipinski definition) is 14. The molecule has 0 saturated heterocycles. The van der Waals surface area contributed by atoms with Gasteiger partial charge in [0.15, 0.2) is 0 Å². The molecule has 112 heavy (non-hydrogen) atoms. The fourth-order valence-electron chi connectivity index (χ4n) is 14.9. The van der Waals surface area contributed by atoms with Gasteiger partial charge in [-0.3, -0.25) is 19.9 Å². The Morgan fingerprint density at radius 3 is 0.652 bits per heavy atom. The molecule has 570 valence electrons. The second kappa shape index (κ2) is 37.6. The molecular weight excluding hydrogens is 1390 g/mol.